The minimum absolute atomic E-state index is 0.520. The van der Waals surface area contributed by atoms with E-state index in [1.807, 2.05) is 42.5 Å². The van der Waals surface area contributed by atoms with Crippen molar-refractivity contribution in [2.75, 3.05) is 33.5 Å². The summed E-state index contributed by atoms with van der Waals surface area (Å²) in [5.74, 6) is -1.13. The zero-order valence-corrected chi connectivity index (χ0v) is 17.8. The molecular weight excluding hydrogens is 392 g/mol. The molecule has 0 saturated carbocycles. The first kappa shape index (κ1) is 20.2. The largest absolute Gasteiger partial charge is 0.497 e. The van der Waals surface area contributed by atoms with Gasteiger partial charge in [0, 0.05) is 22.3 Å². The van der Waals surface area contributed by atoms with Crippen molar-refractivity contribution in [3.8, 4) is 5.75 Å². The van der Waals surface area contributed by atoms with Crippen molar-refractivity contribution >= 4 is 0 Å². The molecule has 160 valence electrons. The van der Waals surface area contributed by atoms with Crippen molar-refractivity contribution in [3.63, 3.8) is 0 Å². The summed E-state index contributed by atoms with van der Waals surface area (Å²) in [7, 11) is 1.66. The molecule has 5 heteroatoms. The van der Waals surface area contributed by atoms with Gasteiger partial charge in [-0.15, -0.1) is 0 Å². The Morgan fingerprint density at radius 3 is 1.52 bits per heavy atom. The molecule has 2 heterocycles. The Labute approximate surface area is 182 Å². The molecule has 0 aromatic heterocycles. The summed E-state index contributed by atoms with van der Waals surface area (Å²) in [6, 6.07) is 24.2. The average molecular weight is 418 g/mol. The average Bonchev–Trinajstić information content (AvgIpc) is 3.51. The molecule has 0 amide bonds. The number of hydrogen-bond donors (Lipinski definition) is 0. The Bertz CT molecular complexity index is 1030. The smallest absolute Gasteiger partial charge is 0.222 e. The molecule has 2 saturated heterocycles. The van der Waals surface area contributed by atoms with Crippen LogP contribution in [0.2, 0.25) is 0 Å². The van der Waals surface area contributed by atoms with Crippen LogP contribution < -0.4 is 4.74 Å². The minimum Gasteiger partial charge on any atom is -0.497 e. The van der Waals surface area contributed by atoms with Gasteiger partial charge in [-0.1, -0.05) is 48.0 Å². The standard InChI is InChI=1S/C26H26O5/c1-19-6-8-20(9-7-19)25(28-14-15-29-25)22-4-3-5-23(18-22)26(30-16-17-31-26)21-10-12-24(27-2)13-11-21/h3-13,18H,14-17H2,1-2H3. The lowest BCUT2D eigenvalue weighted by Crippen LogP contribution is -2.32. The molecule has 31 heavy (non-hydrogen) atoms. The second-order valence-corrected chi connectivity index (χ2v) is 7.80. The summed E-state index contributed by atoms with van der Waals surface area (Å²) in [6.45, 7) is 4.18. The van der Waals surface area contributed by atoms with Crippen molar-refractivity contribution in [2.24, 2.45) is 0 Å². The van der Waals surface area contributed by atoms with Gasteiger partial charge in [-0.25, -0.2) is 0 Å². The Balaban J connectivity index is 1.60. The molecule has 3 aromatic rings. The first-order valence-electron chi connectivity index (χ1n) is 10.5. The maximum absolute atomic E-state index is 6.22. The van der Waals surface area contributed by atoms with Crippen LogP contribution in [-0.2, 0) is 30.5 Å². The van der Waals surface area contributed by atoms with Gasteiger partial charge >= 0.3 is 0 Å². The number of benzene rings is 3. The van der Waals surface area contributed by atoms with Crippen LogP contribution in [0.5, 0.6) is 5.75 Å². The van der Waals surface area contributed by atoms with Crippen LogP contribution in [0, 0.1) is 6.92 Å². The van der Waals surface area contributed by atoms with E-state index in [1.54, 1.807) is 7.11 Å². The molecule has 0 bridgehead atoms. The van der Waals surface area contributed by atoms with Crippen LogP contribution in [0.4, 0.5) is 0 Å². The molecular formula is C26H26O5. The predicted octanol–water partition coefficient (Wildman–Crippen LogP) is 4.50. The van der Waals surface area contributed by atoms with Crippen LogP contribution in [0.3, 0.4) is 0 Å². The molecule has 5 rings (SSSR count). The van der Waals surface area contributed by atoms with E-state index in [2.05, 4.69) is 37.3 Å². The van der Waals surface area contributed by atoms with Crippen LogP contribution >= 0.6 is 0 Å². The SMILES string of the molecule is COc1ccc(C2(c3cccc(C4(c5ccc(C)cc5)OCCO4)c3)OCCO2)cc1. The molecule has 0 unspecified atom stereocenters. The Morgan fingerprint density at radius 2 is 1.06 bits per heavy atom. The third kappa shape index (κ3) is 3.44. The molecule has 5 nitrogen and oxygen atoms in total. The summed E-state index contributed by atoms with van der Waals surface area (Å²) in [6.07, 6.45) is 0. The van der Waals surface area contributed by atoms with E-state index >= 15 is 0 Å². The molecule has 0 atom stereocenters. The molecule has 0 N–H and O–H groups in total. The zero-order valence-electron chi connectivity index (χ0n) is 17.8. The van der Waals surface area contributed by atoms with E-state index < -0.39 is 11.6 Å². The second-order valence-electron chi connectivity index (χ2n) is 7.80. The summed E-state index contributed by atoms with van der Waals surface area (Å²) in [4.78, 5) is 0. The lowest BCUT2D eigenvalue weighted by atomic mass is 9.91. The molecule has 0 radical (unpaired) electrons. The predicted molar refractivity (Wildman–Crippen MR) is 116 cm³/mol. The van der Waals surface area contributed by atoms with Gasteiger partial charge in [-0.05, 0) is 37.3 Å². The molecule has 2 aliphatic rings. The quantitative estimate of drug-likeness (QED) is 0.611. The van der Waals surface area contributed by atoms with Crippen LogP contribution in [0.25, 0.3) is 0 Å². The zero-order chi connectivity index (χ0) is 21.3. The van der Waals surface area contributed by atoms with Crippen molar-refractivity contribution in [1.82, 2.24) is 0 Å². The van der Waals surface area contributed by atoms with Crippen molar-refractivity contribution in [3.05, 3.63) is 101 Å². The molecule has 0 aliphatic carbocycles. The van der Waals surface area contributed by atoms with E-state index in [9.17, 15) is 0 Å². The summed E-state index contributed by atoms with van der Waals surface area (Å²) >= 11 is 0. The first-order valence-corrected chi connectivity index (χ1v) is 10.5. The fourth-order valence-corrected chi connectivity index (χ4v) is 4.34. The van der Waals surface area contributed by atoms with Gasteiger partial charge in [0.25, 0.3) is 0 Å². The number of hydrogen-bond acceptors (Lipinski definition) is 5. The topological polar surface area (TPSA) is 46.2 Å². The molecule has 0 spiro atoms. The van der Waals surface area contributed by atoms with Crippen LogP contribution in [0.1, 0.15) is 27.8 Å². The molecule has 3 aromatic carbocycles. The fraction of sp³-hybridized carbons (Fsp3) is 0.308. The van der Waals surface area contributed by atoms with Gasteiger partial charge in [0.1, 0.15) is 5.75 Å². The fourth-order valence-electron chi connectivity index (χ4n) is 4.34. The van der Waals surface area contributed by atoms with Gasteiger partial charge < -0.3 is 23.7 Å². The Morgan fingerprint density at radius 1 is 0.613 bits per heavy atom. The van der Waals surface area contributed by atoms with Crippen molar-refractivity contribution in [2.45, 2.75) is 18.5 Å². The number of rotatable bonds is 5. The normalized spacial score (nSPS) is 19.4. The summed E-state index contributed by atoms with van der Waals surface area (Å²) in [5, 5.41) is 0. The van der Waals surface area contributed by atoms with Crippen LogP contribution in [-0.4, -0.2) is 33.5 Å². The number of methoxy groups -OCH3 is 1. The molecule has 2 fully saturated rings. The third-order valence-electron chi connectivity index (χ3n) is 5.91. The van der Waals surface area contributed by atoms with E-state index in [-0.39, 0.29) is 0 Å². The number of aryl methyl sites for hydroxylation is 1. The van der Waals surface area contributed by atoms with E-state index in [0.29, 0.717) is 26.4 Å². The highest BCUT2D eigenvalue weighted by Crippen LogP contribution is 2.43. The van der Waals surface area contributed by atoms with Gasteiger partial charge in [-0.3, -0.25) is 0 Å². The lowest BCUT2D eigenvalue weighted by molar-refractivity contribution is -0.135. The van der Waals surface area contributed by atoms with E-state index in [0.717, 1.165) is 28.0 Å². The van der Waals surface area contributed by atoms with Gasteiger partial charge in [0.2, 0.25) is 11.6 Å². The van der Waals surface area contributed by atoms with Gasteiger partial charge in [0.05, 0.1) is 33.5 Å². The van der Waals surface area contributed by atoms with Crippen molar-refractivity contribution in [1.29, 1.82) is 0 Å². The molecule has 2 aliphatic heterocycles. The summed E-state index contributed by atoms with van der Waals surface area (Å²) in [5.41, 5.74) is 4.90. The third-order valence-corrected chi connectivity index (χ3v) is 5.91. The van der Waals surface area contributed by atoms with Gasteiger partial charge in [-0.2, -0.15) is 0 Å². The highest BCUT2D eigenvalue weighted by molar-refractivity contribution is 5.43. The summed E-state index contributed by atoms with van der Waals surface area (Å²) < 4.78 is 30.2. The highest BCUT2D eigenvalue weighted by atomic mass is 16.7. The van der Waals surface area contributed by atoms with Crippen molar-refractivity contribution < 1.29 is 23.7 Å². The monoisotopic (exact) mass is 418 g/mol. The van der Waals surface area contributed by atoms with Gasteiger partial charge in [0.15, 0.2) is 0 Å². The highest BCUT2D eigenvalue weighted by Gasteiger charge is 2.44. The minimum atomic E-state index is -0.977. The first-order chi connectivity index (χ1) is 15.2. The number of ether oxygens (including phenoxy) is 5. The van der Waals surface area contributed by atoms with Crippen LogP contribution in [0.15, 0.2) is 72.8 Å². The maximum atomic E-state index is 6.22. The van der Waals surface area contributed by atoms with E-state index in [1.165, 1.54) is 5.56 Å². The van der Waals surface area contributed by atoms with E-state index in [4.69, 9.17) is 23.7 Å². The second kappa shape index (κ2) is 8.09. The Hall–Kier alpha value is -2.70. The Kier molecular flexibility index (Phi) is 5.28. The maximum Gasteiger partial charge on any atom is 0.222 e. The lowest BCUT2D eigenvalue weighted by Gasteiger charge is -2.32.